The van der Waals surface area contributed by atoms with Crippen molar-refractivity contribution in [3.05, 3.63) is 0 Å². The highest BCUT2D eigenvalue weighted by Crippen LogP contribution is 1.98. The molecule has 0 fully saturated rings. The fourth-order valence-electron chi connectivity index (χ4n) is 1.02. The van der Waals surface area contributed by atoms with E-state index in [4.69, 9.17) is 11.5 Å². The Kier molecular flexibility index (Phi) is 5.82. The van der Waals surface area contributed by atoms with Crippen molar-refractivity contribution in [1.82, 2.24) is 10.2 Å². The second-order valence-electron chi connectivity index (χ2n) is 3.25. The van der Waals surface area contributed by atoms with E-state index in [-0.39, 0.29) is 12.6 Å². The number of amides is 3. The summed E-state index contributed by atoms with van der Waals surface area (Å²) in [6.45, 7) is 2.68. The summed E-state index contributed by atoms with van der Waals surface area (Å²) >= 11 is 0. The molecule has 0 aliphatic rings. The number of hydrogen-bond donors (Lipinski definition) is 3. The highest BCUT2D eigenvalue weighted by molar-refractivity contribution is 5.94. The minimum Gasteiger partial charge on any atom is -0.351 e. The van der Waals surface area contributed by atoms with Crippen LogP contribution >= 0.6 is 0 Å². The van der Waals surface area contributed by atoms with Crippen LogP contribution in [0.2, 0.25) is 0 Å². The number of likely N-dealkylation sites (N-methyl/N-ethyl adjacent to an activating group) is 1. The SMILES string of the molecule is CC(CCN)N(C)CC(=O)NC(N)=O. The van der Waals surface area contributed by atoms with E-state index < -0.39 is 11.9 Å². The fourth-order valence-corrected chi connectivity index (χ4v) is 1.02. The molecule has 0 aromatic carbocycles. The molecule has 0 aromatic rings. The first-order valence-electron chi connectivity index (χ1n) is 4.47. The summed E-state index contributed by atoms with van der Waals surface area (Å²) in [6.07, 6.45) is 0.806. The van der Waals surface area contributed by atoms with E-state index in [2.05, 4.69) is 0 Å². The quantitative estimate of drug-likeness (QED) is 0.524. The molecule has 6 heteroatoms. The van der Waals surface area contributed by atoms with Gasteiger partial charge in [0.25, 0.3) is 0 Å². The average molecular weight is 202 g/mol. The minimum absolute atomic E-state index is 0.143. The largest absolute Gasteiger partial charge is 0.351 e. The molecule has 1 atom stereocenters. The molecule has 0 spiro atoms. The first kappa shape index (κ1) is 12.9. The lowest BCUT2D eigenvalue weighted by molar-refractivity contribution is -0.121. The zero-order chi connectivity index (χ0) is 11.1. The summed E-state index contributed by atoms with van der Waals surface area (Å²) in [4.78, 5) is 23.2. The van der Waals surface area contributed by atoms with Gasteiger partial charge in [-0.15, -0.1) is 0 Å². The van der Waals surface area contributed by atoms with E-state index in [0.717, 1.165) is 6.42 Å². The molecule has 0 heterocycles. The Morgan fingerprint density at radius 2 is 2.07 bits per heavy atom. The van der Waals surface area contributed by atoms with Gasteiger partial charge in [-0.3, -0.25) is 15.0 Å². The number of nitrogens with zero attached hydrogens (tertiary/aromatic N) is 1. The third kappa shape index (κ3) is 5.50. The third-order valence-corrected chi connectivity index (χ3v) is 1.99. The summed E-state index contributed by atoms with van der Waals surface area (Å²) in [7, 11) is 1.79. The van der Waals surface area contributed by atoms with Crippen LogP contribution < -0.4 is 16.8 Å². The van der Waals surface area contributed by atoms with E-state index in [1.165, 1.54) is 0 Å². The standard InChI is InChI=1S/C8H18N4O2/c1-6(3-4-9)12(2)5-7(13)11-8(10)14/h6H,3-5,9H2,1-2H3,(H3,10,11,13,14). The van der Waals surface area contributed by atoms with Crippen LogP contribution in [0, 0.1) is 0 Å². The van der Waals surface area contributed by atoms with Gasteiger partial charge in [-0.2, -0.15) is 0 Å². The number of nitrogens with one attached hydrogen (secondary N) is 1. The van der Waals surface area contributed by atoms with Gasteiger partial charge in [0.05, 0.1) is 6.54 Å². The van der Waals surface area contributed by atoms with E-state index in [1.54, 1.807) is 7.05 Å². The topological polar surface area (TPSA) is 101 Å². The second kappa shape index (κ2) is 6.33. The minimum atomic E-state index is -0.824. The number of imide groups is 1. The Balaban J connectivity index is 3.86. The Bertz CT molecular complexity index is 208. The smallest absolute Gasteiger partial charge is 0.318 e. The van der Waals surface area contributed by atoms with Gasteiger partial charge in [-0.1, -0.05) is 0 Å². The fraction of sp³-hybridized carbons (Fsp3) is 0.750. The van der Waals surface area contributed by atoms with Crippen LogP contribution in [-0.2, 0) is 4.79 Å². The molecule has 6 nitrogen and oxygen atoms in total. The van der Waals surface area contributed by atoms with Crippen molar-refractivity contribution in [2.75, 3.05) is 20.1 Å². The number of hydrogen-bond acceptors (Lipinski definition) is 4. The van der Waals surface area contributed by atoms with E-state index in [0.29, 0.717) is 6.54 Å². The van der Waals surface area contributed by atoms with Crippen molar-refractivity contribution in [3.8, 4) is 0 Å². The molecule has 82 valence electrons. The predicted octanol–water partition coefficient (Wildman–Crippen LogP) is -1.15. The Morgan fingerprint density at radius 3 is 2.50 bits per heavy atom. The summed E-state index contributed by atoms with van der Waals surface area (Å²) in [5.41, 5.74) is 10.2. The molecule has 0 saturated carbocycles. The Labute approximate surface area is 83.6 Å². The van der Waals surface area contributed by atoms with Crippen LogP contribution in [-0.4, -0.2) is 43.0 Å². The van der Waals surface area contributed by atoms with Gasteiger partial charge in [0, 0.05) is 6.04 Å². The molecule has 0 aliphatic carbocycles. The summed E-state index contributed by atoms with van der Waals surface area (Å²) in [5.74, 6) is -0.399. The summed E-state index contributed by atoms with van der Waals surface area (Å²) in [5, 5.41) is 2.00. The molecule has 5 N–H and O–H groups in total. The van der Waals surface area contributed by atoms with Crippen LogP contribution in [0.15, 0.2) is 0 Å². The first-order chi connectivity index (χ1) is 6.47. The van der Waals surface area contributed by atoms with Crippen molar-refractivity contribution in [3.63, 3.8) is 0 Å². The van der Waals surface area contributed by atoms with Crippen molar-refractivity contribution in [1.29, 1.82) is 0 Å². The lowest BCUT2D eigenvalue weighted by Gasteiger charge is -2.22. The molecule has 14 heavy (non-hydrogen) atoms. The van der Waals surface area contributed by atoms with Gasteiger partial charge in [0.15, 0.2) is 0 Å². The third-order valence-electron chi connectivity index (χ3n) is 1.99. The highest BCUT2D eigenvalue weighted by Gasteiger charge is 2.12. The first-order valence-corrected chi connectivity index (χ1v) is 4.47. The number of rotatable bonds is 5. The zero-order valence-corrected chi connectivity index (χ0v) is 8.62. The highest BCUT2D eigenvalue weighted by atomic mass is 16.2. The molecule has 0 aliphatic heterocycles. The molecular weight excluding hydrogens is 184 g/mol. The van der Waals surface area contributed by atoms with Crippen LogP contribution in [0.1, 0.15) is 13.3 Å². The molecule has 0 rings (SSSR count). The second-order valence-corrected chi connectivity index (χ2v) is 3.25. The van der Waals surface area contributed by atoms with Gasteiger partial charge in [-0.25, -0.2) is 4.79 Å². The number of nitrogens with two attached hydrogens (primary N) is 2. The molecule has 0 saturated heterocycles. The van der Waals surface area contributed by atoms with Gasteiger partial charge < -0.3 is 11.5 Å². The van der Waals surface area contributed by atoms with E-state index in [1.807, 2.05) is 17.1 Å². The van der Waals surface area contributed by atoms with Crippen molar-refractivity contribution in [2.45, 2.75) is 19.4 Å². The lowest BCUT2D eigenvalue weighted by atomic mass is 10.2. The number of carbonyl (C=O) groups is 2. The molecular formula is C8H18N4O2. The summed E-state index contributed by atoms with van der Waals surface area (Å²) in [6, 6.07) is -0.617. The van der Waals surface area contributed by atoms with E-state index in [9.17, 15) is 9.59 Å². The van der Waals surface area contributed by atoms with Crippen molar-refractivity contribution >= 4 is 11.9 Å². The molecule has 3 amide bonds. The Morgan fingerprint density at radius 1 is 1.50 bits per heavy atom. The van der Waals surface area contributed by atoms with Gasteiger partial charge in [0.2, 0.25) is 5.91 Å². The normalized spacial score (nSPS) is 12.6. The van der Waals surface area contributed by atoms with Gasteiger partial charge in [0.1, 0.15) is 0 Å². The maximum atomic E-state index is 11.1. The maximum absolute atomic E-state index is 11.1. The van der Waals surface area contributed by atoms with Crippen molar-refractivity contribution in [2.24, 2.45) is 11.5 Å². The van der Waals surface area contributed by atoms with Crippen LogP contribution in [0.3, 0.4) is 0 Å². The van der Waals surface area contributed by atoms with Crippen LogP contribution in [0.25, 0.3) is 0 Å². The van der Waals surface area contributed by atoms with Gasteiger partial charge >= 0.3 is 6.03 Å². The molecule has 0 radical (unpaired) electrons. The number of primary amides is 1. The summed E-state index contributed by atoms with van der Waals surface area (Å²) < 4.78 is 0. The van der Waals surface area contributed by atoms with E-state index >= 15 is 0 Å². The number of urea groups is 1. The average Bonchev–Trinajstić information content (AvgIpc) is 2.02. The predicted molar refractivity (Wildman–Crippen MR) is 53.5 cm³/mol. The molecule has 0 aromatic heterocycles. The maximum Gasteiger partial charge on any atom is 0.318 e. The van der Waals surface area contributed by atoms with Crippen LogP contribution in [0.5, 0.6) is 0 Å². The zero-order valence-electron chi connectivity index (χ0n) is 8.62. The lowest BCUT2D eigenvalue weighted by Crippen LogP contribution is -2.43. The molecule has 1 unspecified atom stereocenters. The van der Waals surface area contributed by atoms with Crippen molar-refractivity contribution < 1.29 is 9.59 Å². The molecule has 0 bridgehead atoms. The van der Waals surface area contributed by atoms with Gasteiger partial charge in [-0.05, 0) is 26.9 Å². The Hall–Kier alpha value is -1.14. The monoisotopic (exact) mass is 202 g/mol. The number of carbonyl (C=O) groups excluding carboxylic acids is 2. The van der Waals surface area contributed by atoms with Crippen LogP contribution in [0.4, 0.5) is 4.79 Å².